The zero-order chi connectivity index (χ0) is 19.1. The first-order chi connectivity index (χ1) is 12.5. The van der Waals surface area contributed by atoms with Crippen LogP contribution in [0.5, 0.6) is 5.75 Å². The summed E-state index contributed by atoms with van der Waals surface area (Å²) in [6.45, 7) is 5.09. The Bertz CT molecular complexity index is 903. The van der Waals surface area contributed by atoms with Crippen LogP contribution in [0.4, 0.5) is 0 Å². The quantitative estimate of drug-likeness (QED) is 0.357. The summed E-state index contributed by atoms with van der Waals surface area (Å²) >= 11 is 0. The molecule has 0 radical (unpaired) electrons. The largest absolute Gasteiger partial charge is 0.465 e. The second-order valence-electron chi connectivity index (χ2n) is 5.41. The van der Waals surface area contributed by atoms with Crippen molar-refractivity contribution in [2.24, 2.45) is 0 Å². The molecule has 0 unspecified atom stereocenters. The molecule has 0 saturated carbocycles. The Balaban J connectivity index is 2.52. The van der Waals surface area contributed by atoms with E-state index in [0.29, 0.717) is 22.4 Å². The molecule has 0 saturated heterocycles. The molecule has 0 aliphatic rings. The summed E-state index contributed by atoms with van der Waals surface area (Å²) in [4.78, 5) is 23.6. The number of nitrogens with zero attached hydrogens (tertiary/aromatic N) is 1. The molecule has 0 fully saturated rings. The number of hydrogen-bond donors (Lipinski definition) is 0. The molecular formula is C21H17NO4. The maximum atomic E-state index is 12.0. The lowest BCUT2D eigenvalue weighted by atomic mass is 9.93. The predicted molar refractivity (Wildman–Crippen MR) is 97.0 cm³/mol. The van der Waals surface area contributed by atoms with Gasteiger partial charge in [0.1, 0.15) is 17.4 Å². The minimum atomic E-state index is -0.718. The van der Waals surface area contributed by atoms with E-state index in [1.54, 1.807) is 43.3 Å². The Morgan fingerprint density at radius 3 is 2.04 bits per heavy atom. The van der Waals surface area contributed by atoms with Gasteiger partial charge < -0.3 is 9.47 Å². The van der Waals surface area contributed by atoms with Crippen LogP contribution in [0.2, 0.25) is 0 Å². The average molecular weight is 347 g/mol. The molecule has 5 heteroatoms. The van der Waals surface area contributed by atoms with Gasteiger partial charge in [-0.1, -0.05) is 49.0 Å². The average Bonchev–Trinajstić information content (AvgIpc) is 2.66. The molecule has 2 rings (SSSR count). The molecular weight excluding hydrogens is 330 g/mol. The fourth-order valence-electron chi connectivity index (χ4n) is 2.25. The first-order valence-electron chi connectivity index (χ1n) is 7.74. The molecule has 0 spiro atoms. The van der Waals surface area contributed by atoms with E-state index in [4.69, 9.17) is 9.47 Å². The minimum absolute atomic E-state index is 0.106. The molecule has 0 amide bonds. The summed E-state index contributed by atoms with van der Waals surface area (Å²) in [5, 5.41) is 9.47. The number of carbonyl (C=O) groups excluding carboxylic acids is 2. The van der Waals surface area contributed by atoms with Crippen LogP contribution in [0.1, 0.15) is 18.1 Å². The van der Waals surface area contributed by atoms with Crippen LogP contribution in [0.3, 0.4) is 0 Å². The van der Waals surface area contributed by atoms with Crippen molar-refractivity contribution in [2.45, 2.75) is 6.92 Å². The lowest BCUT2D eigenvalue weighted by molar-refractivity contribution is -0.135. The summed E-state index contributed by atoms with van der Waals surface area (Å²) in [5.74, 6) is -0.904. The van der Waals surface area contributed by atoms with Crippen LogP contribution in [-0.4, -0.2) is 19.0 Å². The predicted octanol–water partition coefficient (Wildman–Crippen LogP) is 3.67. The van der Waals surface area contributed by atoms with E-state index in [-0.39, 0.29) is 11.1 Å². The van der Waals surface area contributed by atoms with Gasteiger partial charge in [0.25, 0.3) is 0 Å². The minimum Gasteiger partial charge on any atom is -0.465 e. The number of carbonyl (C=O) groups is 2. The van der Waals surface area contributed by atoms with E-state index in [9.17, 15) is 14.9 Å². The zero-order valence-corrected chi connectivity index (χ0v) is 14.5. The number of ether oxygens (including phenoxy) is 2. The van der Waals surface area contributed by atoms with Crippen molar-refractivity contribution in [1.29, 1.82) is 5.26 Å². The first-order valence-corrected chi connectivity index (χ1v) is 7.74. The number of methoxy groups -OCH3 is 1. The lowest BCUT2D eigenvalue weighted by Crippen LogP contribution is -2.08. The van der Waals surface area contributed by atoms with Crippen molar-refractivity contribution < 1.29 is 19.1 Å². The maximum absolute atomic E-state index is 12.0. The molecule has 0 heterocycles. The standard InChI is InChI=1S/C21H17NO4/c1-14(2)20(23)26-17-11-9-16(10-12-17)19(15-7-5-4-6-8-15)18(13-22)21(24)25-3/h4-12H,1H2,2-3H3/b19-18+. The van der Waals surface area contributed by atoms with Gasteiger partial charge in [0, 0.05) is 11.1 Å². The first kappa shape index (κ1) is 18.7. The van der Waals surface area contributed by atoms with E-state index >= 15 is 0 Å². The summed E-state index contributed by atoms with van der Waals surface area (Å²) in [7, 11) is 1.22. The van der Waals surface area contributed by atoms with Crippen LogP contribution in [0.15, 0.2) is 72.3 Å². The Hall–Kier alpha value is -3.65. The van der Waals surface area contributed by atoms with Gasteiger partial charge in [-0.15, -0.1) is 0 Å². The van der Waals surface area contributed by atoms with E-state index in [1.165, 1.54) is 7.11 Å². The number of benzene rings is 2. The van der Waals surface area contributed by atoms with E-state index in [2.05, 4.69) is 6.58 Å². The van der Waals surface area contributed by atoms with E-state index < -0.39 is 11.9 Å². The zero-order valence-electron chi connectivity index (χ0n) is 14.5. The Morgan fingerprint density at radius 2 is 1.54 bits per heavy atom. The SMILES string of the molecule is C=C(C)C(=O)Oc1ccc(/C(=C(\C#N)C(=O)OC)c2ccccc2)cc1. The lowest BCUT2D eigenvalue weighted by Gasteiger charge is -2.12. The number of hydrogen-bond acceptors (Lipinski definition) is 5. The van der Waals surface area contributed by atoms with E-state index in [1.807, 2.05) is 24.3 Å². The van der Waals surface area contributed by atoms with Crippen LogP contribution in [0, 0.1) is 11.3 Å². The maximum Gasteiger partial charge on any atom is 0.349 e. The third kappa shape index (κ3) is 4.25. The second kappa shape index (κ2) is 8.45. The molecule has 2 aromatic rings. The fraction of sp³-hybridized carbons (Fsp3) is 0.0952. The highest BCUT2D eigenvalue weighted by Crippen LogP contribution is 2.29. The van der Waals surface area contributed by atoms with Crippen LogP contribution < -0.4 is 4.74 Å². The molecule has 26 heavy (non-hydrogen) atoms. The molecule has 130 valence electrons. The molecule has 0 atom stereocenters. The van der Waals surface area contributed by atoms with Gasteiger partial charge in [-0.25, -0.2) is 9.59 Å². The van der Waals surface area contributed by atoms with E-state index in [0.717, 1.165) is 0 Å². The third-order valence-corrected chi connectivity index (χ3v) is 3.52. The van der Waals surface area contributed by atoms with Crippen LogP contribution in [0.25, 0.3) is 5.57 Å². The summed E-state index contributed by atoms with van der Waals surface area (Å²) in [5.41, 5.74) is 1.94. The van der Waals surface area contributed by atoms with Gasteiger partial charge in [0.2, 0.25) is 0 Å². The van der Waals surface area contributed by atoms with Crippen molar-refractivity contribution in [1.82, 2.24) is 0 Å². The normalized spacial score (nSPS) is 11.0. The monoisotopic (exact) mass is 347 g/mol. The van der Waals surface area contributed by atoms with Gasteiger partial charge in [0.05, 0.1) is 7.11 Å². The van der Waals surface area contributed by atoms with Gasteiger partial charge in [-0.05, 0) is 30.2 Å². The number of nitriles is 1. The molecule has 0 N–H and O–H groups in total. The van der Waals surface area contributed by atoms with Crippen molar-refractivity contribution in [2.75, 3.05) is 7.11 Å². The molecule has 0 aromatic heterocycles. The summed E-state index contributed by atoms with van der Waals surface area (Å²) in [6.07, 6.45) is 0. The molecule has 0 aliphatic carbocycles. The molecule has 0 aliphatic heterocycles. The van der Waals surface area contributed by atoms with Crippen LogP contribution >= 0.6 is 0 Å². The smallest absolute Gasteiger partial charge is 0.349 e. The second-order valence-corrected chi connectivity index (χ2v) is 5.41. The highest BCUT2D eigenvalue weighted by molar-refractivity contribution is 6.05. The summed E-state index contributed by atoms with van der Waals surface area (Å²) in [6, 6.07) is 17.5. The van der Waals surface area contributed by atoms with Gasteiger partial charge in [-0.2, -0.15) is 5.26 Å². The Morgan fingerprint density at radius 1 is 0.962 bits per heavy atom. The van der Waals surface area contributed by atoms with Crippen molar-refractivity contribution >= 4 is 17.5 Å². The topological polar surface area (TPSA) is 76.4 Å². The van der Waals surface area contributed by atoms with Gasteiger partial charge in [0.15, 0.2) is 0 Å². The molecule has 5 nitrogen and oxygen atoms in total. The number of esters is 2. The van der Waals surface area contributed by atoms with Crippen LogP contribution in [-0.2, 0) is 14.3 Å². The molecule has 0 bridgehead atoms. The van der Waals surface area contributed by atoms with Gasteiger partial charge >= 0.3 is 11.9 Å². The highest BCUT2D eigenvalue weighted by atomic mass is 16.5. The van der Waals surface area contributed by atoms with Crippen molar-refractivity contribution in [3.05, 3.63) is 83.4 Å². The number of rotatable bonds is 5. The fourth-order valence-corrected chi connectivity index (χ4v) is 2.25. The Kier molecular flexibility index (Phi) is 6.07. The Labute approximate surface area is 151 Å². The van der Waals surface area contributed by atoms with Crippen molar-refractivity contribution in [3.63, 3.8) is 0 Å². The third-order valence-electron chi connectivity index (χ3n) is 3.52. The highest BCUT2D eigenvalue weighted by Gasteiger charge is 2.19. The van der Waals surface area contributed by atoms with Crippen molar-refractivity contribution in [3.8, 4) is 11.8 Å². The summed E-state index contributed by atoms with van der Waals surface area (Å²) < 4.78 is 9.89. The van der Waals surface area contributed by atoms with Gasteiger partial charge in [-0.3, -0.25) is 0 Å². The molecule has 2 aromatic carbocycles.